The number of hydrogen-bond donors (Lipinski definition) is 5. The van der Waals surface area contributed by atoms with Gasteiger partial charge >= 0.3 is 24.2 Å². The van der Waals surface area contributed by atoms with Crippen LogP contribution in [0.15, 0.2) is 90.2 Å². The highest BCUT2D eigenvalue weighted by atomic mass is 35.5. The molecule has 7 heterocycles. The van der Waals surface area contributed by atoms with E-state index in [2.05, 4.69) is 46.0 Å². The number of ether oxygens (including phenoxy) is 4. The average molecular weight is 1280 g/mol. The number of rotatable bonds is 15. The minimum Gasteiger partial charge on any atom is -0.444 e. The third-order valence-corrected chi connectivity index (χ3v) is 14.9. The van der Waals surface area contributed by atoms with Crippen molar-refractivity contribution in [3.05, 3.63) is 113 Å². The van der Waals surface area contributed by atoms with Gasteiger partial charge in [0.25, 0.3) is 0 Å². The number of nitrogens with zero attached hydrogens (tertiary/aromatic N) is 11. The van der Waals surface area contributed by atoms with Crippen LogP contribution in [-0.2, 0) is 32.0 Å². The van der Waals surface area contributed by atoms with E-state index >= 15 is 4.39 Å². The van der Waals surface area contributed by atoms with E-state index in [1.807, 2.05) is 90.1 Å². The first-order chi connectivity index (χ1) is 43.0. The topological polar surface area (TPSA) is 288 Å². The van der Waals surface area contributed by atoms with Crippen LogP contribution in [0.4, 0.5) is 39.6 Å². The number of nitrogens with one attached hydrogen (secondary N) is 3. The van der Waals surface area contributed by atoms with E-state index in [-0.39, 0.29) is 60.5 Å². The first-order valence-corrected chi connectivity index (χ1v) is 31.0. The van der Waals surface area contributed by atoms with Crippen molar-refractivity contribution in [1.29, 1.82) is 0 Å². The molecule has 2 aromatic carbocycles. The normalized spacial score (nSPS) is 19.0. The van der Waals surface area contributed by atoms with Gasteiger partial charge in [0.2, 0.25) is 11.2 Å². The Bertz CT molecular complexity index is 3330. The summed E-state index contributed by atoms with van der Waals surface area (Å²) in [6, 6.07) is 14.5. The fourth-order valence-electron chi connectivity index (χ4n) is 10.1. The van der Waals surface area contributed by atoms with Gasteiger partial charge in [-0.15, -0.1) is 0 Å². The Morgan fingerprint density at radius 3 is 1.66 bits per heavy atom. The molecule has 7 N–H and O–H groups in total. The Morgan fingerprint density at radius 1 is 0.703 bits per heavy atom. The summed E-state index contributed by atoms with van der Waals surface area (Å²) in [6.45, 7) is 26.9. The number of urea groups is 2. The smallest absolute Gasteiger partial charge is 0.410 e. The molecular formula is C64H89ClF2N16O8. The predicted molar refractivity (Wildman–Crippen MR) is 345 cm³/mol. The molecule has 4 aliphatic rings. The average Bonchev–Trinajstić information content (AvgIpc) is 1.93. The number of alkyl halides is 2. The van der Waals surface area contributed by atoms with Gasteiger partial charge in [0, 0.05) is 68.3 Å². The van der Waals surface area contributed by atoms with Crippen LogP contribution in [0.5, 0.6) is 0 Å². The van der Waals surface area contributed by atoms with Crippen molar-refractivity contribution in [2.75, 3.05) is 57.7 Å². The van der Waals surface area contributed by atoms with E-state index in [0.29, 0.717) is 76.8 Å². The van der Waals surface area contributed by atoms with Crippen molar-refractivity contribution >= 4 is 53.7 Å². The van der Waals surface area contributed by atoms with Gasteiger partial charge in [-0.1, -0.05) is 24.3 Å². The number of aryl methyl sites for hydroxylation is 2. The minimum absolute atomic E-state index is 0.0246. The molecule has 4 atom stereocenters. The molecule has 2 unspecified atom stereocenters. The highest BCUT2D eigenvalue weighted by Crippen LogP contribution is 2.30. The molecule has 494 valence electrons. The molecule has 5 aromatic rings. The highest BCUT2D eigenvalue weighted by Gasteiger charge is 2.37. The van der Waals surface area contributed by atoms with Crippen LogP contribution in [0.25, 0.3) is 22.5 Å². The van der Waals surface area contributed by atoms with Crippen LogP contribution >= 0.6 is 11.6 Å². The standard InChI is InChI=1S/C32H43FN8O4.C19H23ClN4O2.C13H23FN4O2/c1-20(2)44-25-17-40(18-25)30(42)35-14-23-8-7-22(13-21(23)3)27-9-11-34-29(38-27)37-24-15-36-41(16-24)28-10-12-39(19-26(28)33)31(43)45-32(4,5)6;1-12(2)26-16-10-24(11-16)19(25)22-9-15-5-4-14(8-13(15)3)17-6-7-21-18(20)23-17;1-13(2,3)20-12(19)18-5-4-11(10(14)8-18)17-7-9(16)6-15/h7-9,11,13,15-16,20,25-26,28H,10,12,14,17-19H2,1-6H3,(H,35,42)(H,34,37,38);4-8,12,16H,9-11H2,1-3H3,(H,22,25);6-7,10-11H,4-5,8,15-16H2,1-3H3/t26-,28-;;/m0../s1. The number of anilines is 2. The van der Waals surface area contributed by atoms with Crippen LogP contribution in [-0.4, -0.2) is 186 Å². The molecule has 4 fully saturated rings. The molecule has 0 aliphatic carbocycles. The number of hydrogen-bond acceptors (Lipinski definition) is 17. The first-order valence-electron chi connectivity index (χ1n) is 30.6. The molecule has 0 saturated carbocycles. The lowest BCUT2D eigenvalue weighted by Crippen LogP contribution is -2.58. The Morgan fingerprint density at radius 2 is 1.20 bits per heavy atom. The van der Waals surface area contributed by atoms with Crippen molar-refractivity contribution in [1.82, 2.24) is 59.9 Å². The summed E-state index contributed by atoms with van der Waals surface area (Å²) in [4.78, 5) is 76.4. The fourth-order valence-corrected chi connectivity index (χ4v) is 10.2. The number of piperidine rings is 2. The summed E-state index contributed by atoms with van der Waals surface area (Å²) in [5.41, 5.74) is 17.9. The summed E-state index contributed by atoms with van der Waals surface area (Å²) >= 11 is 5.85. The quantitative estimate of drug-likeness (QED) is 0.0481. The van der Waals surface area contributed by atoms with Gasteiger partial charge in [-0.2, -0.15) is 5.10 Å². The van der Waals surface area contributed by atoms with Crippen LogP contribution < -0.4 is 27.4 Å². The lowest BCUT2D eigenvalue weighted by molar-refractivity contribution is -0.0642. The maximum Gasteiger partial charge on any atom is 0.410 e. The van der Waals surface area contributed by atoms with Crippen molar-refractivity contribution in [3.63, 3.8) is 0 Å². The SMILES string of the molecule is CC(C)(C)OC(=O)N1CCC(N=CC(N)=CN)C(F)C1.Cc1cc(-c2ccnc(Cl)n2)ccc1CNC(=O)N1CC(OC(C)C)C1.Cc1cc(-c2ccnc(Nc3cnn([C@H]4CCN(C(=O)OC(C)(C)C)C[C@@H]4F)c3)n2)ccc1CNC(=O)N1CC(OC(C)C)C1. The predicted octanol–water partition coefficient (Wildman–Crippen LogP) is 9.82. The van der Waals surface area contributed by atoms with E-state index in [9.17, 15) is 23.6 Å². The highest BCUT2D eigenvalue weighted by molar-refractivity contribution is 6.28. The van der Waals surface area contributed by atoms with Crippen molar-refractivity contribution < 1.29 is 46.9 Å². The Balaban J connectivity index is 0.000000216. The van der Waals surface area contributed by atoms with Gasteiger partial charge in [0.1, 0.15) is 23.5 Å². The van der Waals surface area contributed by atoms with Crippen molar-refractivity contribution in [2.45, 2.75) is 169 Å². The van der Waals surface area contributed by atoms with Crippen LogP contribution in [0.2, 0.25) is 5.28 Å². The molecule has 0 radical (unpaired) electrons. The molecule has 0 bridgehead atoms. The van der Waals surface area contributed by atoms with E-state index in [0.717, 1.165) is 44.8 Å². The van der Waals surface area contributed by atoms with Gasteiger partial charge in [-0.25, -0.2) is 47.9 Å². The monoisotopic (exact) mass is 1280 g/mol. The number of amides is 6. The lowest BCUT2D eigenvalue weighted by Gasteiger charge is -2.39. The lowest BCUT2D eigenvalue weighted by atomic mass is 10.0. The number of aromatic nitrogens is 6. The fraction of sp³-hybridized carbons (Fsp3) is 0.531. The van der Waals surface area contributed by atoms with Crippen LogP contribution in [0.3, 0.4) is 0 Å². The number of likely N-dealkylation sites (tertiary alicyclic amines) is 4. The van der Waals surface area contributed by atoms with E-state index in [4.69, 9.17) is 42.0 Å². The number of aliphatic imine (C=N–C) groups is 1. The summed E-state index contributed by atoms with van der Waals surface area (Å²) in [6.07, 6.45) is 7.11. The summed E-state index contributed by atoms with van der Waals surface area (Å²) in [7, 11) is 0. The molecule has 4 aliphatic heterocycles. The molecular weight excluding hydrogens is 1190 g/mol. The Kier molecular flexibility index (Phi) is 24.4. The Hall–Kier alpha value is -8.23. The Labute approximate surface area is 536 Å². The van der Waals surface area contributed by atoms with Crippen LogP contribution in [0.1, 0.15) is 110 Å². The molecule has 4 saturated heterocycles. The van der Waals surface area contributed by atoms with E-state index < -0.39 is 47.8 Å². The zero-order valence-electron chi connectivity index (χ0n) is 54.2. The van der Waals surface area contributed by atoms with Gasteiger partial charge in [-0.05, 0) is 154 Å². The number of benzene rings is 2. The second kappa shape index (κ2) is 31.7. The largest absolute Gasteiger partial charge is 0.444 e. The molecule has 6 amide bonds. The zero-order chi connectivity index (χ0) is 66.3. The van der Waals surface area contributed by atoms with E-state index in [1.165, 1.54) is 22.2 Å². The third kappa shape index (κ3) is 21.4. The second-order valence-corrected chi connectivity index (χ2v) is 25.7. The minimum atomic E-state index is -1.29. The number of allylic oxidation sites excluding steroid dienone is 1. The molecule has 24 nitrogen and oxygen atoms in total. The maximum absolute atomic E-state index is 15.1. The number of carbonyl (C=O) groups is 4. The van der Waals surface area contributed by atoms with Crippen molar-refractivity contribution in [2.24, 2.45) is 16.5 Å². The zero-order valence-corrected chi connectivity index (χ0v) is 54.9. The van der Waals surface area contributed by atoms with Gasteiger partial charge in [0.15, 0.2) is 0 Å². The summed E-state index contributed by atoms with van der Waals surface area (Å²) in [5, 5.41) is 13.7. The number of nitrogens with two attached hydrogens (primary N) is 2. The molecule has 9 rings (SSSR count). The van der Waals surface area contributed by atoms with E-state index in [1.54, 1.807) is 80.8 Å². The number of carbonyl (C=O) groups excluding carboxylic acids is 4. The second-order valence-electron chi connectivity index (χ2n) is 25.4. The molecule has 3 aromatic heterocycles. The molecule has 27 heteroatoms. The van der Waals surface area contributed by atoms with Gasteiger partial charge in [-0.3, -0.25) is 9.67 Å². The van der Waals surface area contributed by atoms with Crippen LogP contribution in [0, 0.1) is 13.8 Å². The number of halogens is 3. The maximum atomic E-state index is 15.1. The first kappa shape index (κ1) is 70.2. The summed E-state index contributed by atoms with van der Waals surface area (Å²) in [5.74, 6) is 0.381. The molecule has 0 spiro atoms. The van der Waals surface area contributed by atoms with Crippen molar-refractivity contribution in [3.8, 4) is 22.5 Å². The summed E-state index contributed by atoms with van der Waals surface area (Å²) < 4.78 is 52.7. The van der Waals surface area contributed by atoms with Gasteiger partial charge in [0.05, 0.1) is 105 Å². The molecule has 91 heavy (non-hydrogen) atoms. The third-order valence-electron chi connectivity index (χ3n) is 14.7. The van der Waals surface area contributed by atoms with Gasteiger partial charge < -0.3 is 66.0 Å².